The van der Waals surface area contributed by atoms with Crippen molar-refractivity contribution >= 4 is 17.3 Å². The van der Waals surface area contributed by atoms with Gasteiger partial charge in [0.1, 0.15) is 6.07 Å². The molecule has 2 rings (SSSR count). The van der Waals surface area contributed by atoms with Crippen molar-refractivity contribution in [1.29, 1.82) is 5.26 Å². The lowest BCUT2D eigenvalue weighted by Gasteiger charge is -2.18. The minimum Gasteiger partial charge on any atom is -0.371 e. The van der Waals surface area contributed by atoms with Gasteiger partial charge in [0.25, 0.3) is 0 Å². The van der Waals surface area contributed by atoms with Crippen molar-refractivity contribution in [1.82, 2.24) is 0 Å². The van der Waals surface area contributed by atoms with E-state index in [4.69, 9.17) is 16.9 Å². The van der Waals surface area contributed by atoms with Gasteiger partial charge in [0.2, 0.25) is 0 Å². The average molecular weight is 221 g/mol. The first-order valence-corrected chi connectivity index (χ1v) is 5.53. The largest absolute Gasteiger partial charge is 0.371 e. The molecule has 1 fully saturated rings. The number of anilines is 1. The molecular weight excluding hydrogens is 208 g/mol. The predicted molar refractivity (Wildman–Crippen MR) is 62.2 cm³/mol. The van der Waals surface area contributed by atoms with Gasteiger partial charge in [0.05, 0.1) is 10.6 Å². The molecule has 1 aromatic rings. The number of rotatable bonds is 1. The molecule has 1 atom stereocenters. The Hall–Kier alpha value is -1.20. The van der Waals surface area contributed by atoms with Crippen molar-refractivity contribution in [2.45, 2.75) is 13.3 Å². The zero-order valence-electron chi connectivity index (χ0n) is 8.70. The maximum Gasteiger partial charge on any atom is 0.101 e. The molecule has 0 N–H and O–H groups in total. The van der Waals surface area contributed by atoms with Crippen LogP contribution in [0.1, 0.15) is 18.9 Å². The van der Waals surface area contributed by atoms with E-state index in [1.165, 1.54) is 6.42 Å². The van der Waals surface area contributed by atoms with Crippen LogP contribution in [-0.4, -0.2) is 13.1 Å². The topological polar surface area (TPSA) is 27.0 Å². The van der Waals surface area contributed by atoms with Crippen LogP contribution in [0.4, 0.5) is 5.69 Å². The second kappa shape index (κ2) is 4.12. The smallest absolute Gasteiger partial charge is 0.101 e. The highest BCUT2D eigenvalue weighted by molar-refractivity contribution is 6.32. The van der Waals surface area contributed by atoms with Gasteiger partial charge in [-0.3, -0.25) is 0 Å². The molecule has 1 aliphatic rings. The Morgan fingerprint density at radius 1 is 1.53 bits per heavy atom. The van der Waals surface area contributed by atoms with Crippen LogP contribution in [0.5, 0.6) is 0 Å². The lowest BCUT2D eigenvalue weighted by molar-refractivity contribution is 0.659. The van der Waals surface area contributed by atoms with E-state index in [1.54, 1.807) is 6.07 Å². The summed E-state index contributed by atoms with van der Waals surface area (Å²) in [4.78, 5) is 2.32. The fourth-order valence-corrected chi connectivity index (χ4v) is 2.18. The van der Waals surface area contributed by atoms with Crippen LogP contribution in [0.15, 0.2) is 18.2 Å². The van der Waals surface area contributed by atoms with Gasteiger partial charge in [-0.05, 0) is 30.5 Å². The molecule has 78 valence electrons. The van der Waals surface area contributed by atoms with E-state index in [0.717, 1.165) is 24.7 Å². The van der Waals surface area contributed by atoms with E-state index in [0.29, 0.717) is 10.6 Å². The van der Waals surface area contributed by atoms with E-state index in [1.807, 2.05) is 12.1 Å². The van der Waals surface area contributed by atoms with Gasteiger partial charge in [-0.25, -0.2) is 0 Å². The van der Waals surface area contributed by atoms with Crippen molar-refractivity contribution in [3.05, 3.63) is 28.8 Å². The van der Waals surface area contributed by atoms with E-state index >= 15 is 0 Å². The number of hydrogen-bond acceptors (Lipinski definition) is 2. The summed E-state index contributed by atoms with van der Waals surface area (Å²) in [6, 6.07) is 7.73. The third kappa shape index (κ3) is 2.08. The van der Waals surface area contributed by atoms with Crippen molar-refractivity contribution in [2.24, 2.45) is 5.92 Å². The second-order valence-electron chi connectivity index (χ2n) is 4.12. The number of benzene rings is 1. The highest BCUT2D eigenvalue weighted by Crippen LogP contribution is 2.27. The van der Waals surface area contributed by atoms with E-state index in [2.05, 4.69) is 17.9 Å². The van der Waals surface area contributed by atoms with Crippen LogP contribution in [0.3, 0.4) is 0 Å². The monoisotopic (exact) mass is 220 g/mol. The maximum atomic E-state index is 8.77. The standard InChI is InChI=1S/C12H13ClN2/c1-9-4-5-15(8-9)11-3-2-10(7-14)12(13)6-11/h2-3,6,9H,4-5,8H2,1H3. The van der Waals surface area contributed by atoms with Crippen molar-refractivity contribution in [3.8, 4) is 6.07 Å². The Bertz CT molecular complexity index is 409. The highest BCUT2D eigenvalue weighted by atomic mass is 35.5. The third-order valence-corrected chi connectivity index (χ3v) is 3.17. The fraction of sp³-hybridized carbons (Fsp3) is 0.417. The highest BCUT2D eigenvalue weighted by Gasteiger charge is 2.19. The van der Waals surface area contributed by atoms with Gasteiger partial charge >= 0.3 is 0 Å². The molecule has 1 saturated heterocycles. The minimum atomic E-state index is 0.549. The summed E-state index contributed by atoms with van der Waals surface area (Å²) < 4.78 is 0. The molecule has 0 radical (unpaired) electrons. The van der Waals surface area contributed by atoms with Gasteiger partial charge in [-0.15, -0.1) is 0 Å². The summed E-state index contributed by atoms with van der Waals surface area (Å²) in [7, 11) is 0. The summed E-state index contributed by atoms with van der Waals surface area (Å²) >= 11 is 6.00. The van der Waals surface area contributed by atoms with Crippen LogP contribution in [0, 0.1) is 17.2 Å². The fourth-order valence-electron chi connectivity index (χ4n) is 1.96. The zero-order chi connectivity index (χ0) is 10.8. The van der Waals surface area contributed by atoms with E-state index in [9.17, 15) is 0 Å². The summed E-state index contributed by atoms with van der Waals surface area (Å²) in [6.07, 6.45) is 1.23. The molecular formula is C12H13ClN2. The molecule has 0 aromatic heterocycles. The first kappa shape index (κ1) is 10.3. The first-order valence-electron chi connectivity index (χ1n) is 5.15. The number of halogens is 1. The van der Waals surface area contributed by atoms with Gasteiger partial charge in [-0.1, -0.05) is 18.5 Å². The summed E-state index contributed by atoms with van der Waals surface area (Å²) in [6.45, 7) is 4.43. The number of hydrogen-bond donors (Lipinski definition) is 0. The van der Waals surface area contributed by atoms with Crippen molar-refractivity contribution in [3.63, 3.8) is 0 Å². The molecule has 0 bridgehead atoms. The van der Waals surface area contributed by atoms with Gasteiger partial charge in [-0.2, -0.15) is 5.26 Å². The van der Waals surface area contributed by atoms with Crippen LogP contribution in [-0.2, 0) is 0 Å². The predicted octanol–water partition coefficient (Wildman–Crippen LogP) is 3.06. The molecule has 1 unspecified atom stereocenters. The summed E-state index contributed by atoms with van der Waals surface area (Å²) in [5, 5.41) is 9.32. The molecule has 15 heavy (non-hydrogen) atoms. The number of nitrogens with zero attached hydrogens (tertiary/aromatic N) is 2. The summed E-state index contributed by atoms with van der Waals surface area (Å²) in [5.41, 5.74) is 1.68. The molecule has 2 nitrogen and oxygen atoms in total. The Labute approximate surface area is 95.1 Å². The molecule has 1 aliphatic heterocycles. The Morgan fingerprint density at radius 3 is 2.87 bits per heavy atom. The summed E-state index contributed by atoms with van der Waals surface area (Å²) in [5.74, 6) is 0.749. The minimum absolute atomic E-state index is 0.549. The second-order valence-corrected chi connectivity index (χ2v) is 4.52. The van der Waals surface area contributed by atoms with Crippen molar-refractivity contribution in [2.75, 3.05) is 18.0 Å². The first-order chi connectivity index (χ1) is 7.20. The average Bonchev–Trinajstić information content (AvgIpc) is 2.65. The van der Waals surface area contributed by atoms with Crippen LogP contribution in [0.25, 0.3) is 0 Å². The Morgan fingerprint density at radius 2 is 2.33 bits per heavy atom. The molecule has 0 saturated carbocycles. The van der Waals surface area contributed by atoms with Gasteiger partial charge in [0, 0.05) is 18.8 Å². The Kier molecular flexibility index (Phi) is 2.83. The molecule has 0 spiro atoms. The van der Waals surface area contributed by atoms with Gasteiger partial charge < -0.3 is 4.90 Å². The van der Waals surface area contributed by atoms with Crippen LogP contribution in [0.2, 0.25) is 5.02 Å². The van der Waals surface area contributed by atoms with Crippen molar-refractivity contribution < 1.29 is 0 Å². The molecule has 0 amide bonds. The SMILES string of the molecule is CC1CCN(c2ccc(C#N)c(Cl)c2)C1. The van der Waals surface area contributed by atoms with Gasteiger partial charge in [0.15, 0.2) is 0 Å². The third-order valence-electron chi connectivity index (χ3n) is 2.86. The molecule has 1 aromatic carbocycles. The number of nitriles is 1. The maximum absolute atomic E-state index is 8.77. The van der Waals surface area contributed by atoms with Crippen LogP contribution < -0.4 is 4.90 Å². The molecule has 0 aliphatic carbocycles. The van der Waals surface area contributed by atoms with E-state index in [-0.39, 0.29) is 0 Å². The lowest BCUT2D eigenvalue weighted by Crippen LogP contribution is -2.18. The normalized spacial score (nSPS) is 20.3. The lowest BCUT2D eigenvalue weighted by atomic mass is 10.2. The van der Waals surface area contributed by atoms with E-state index < -0.39 is 0 Å². The Balaban J connectivity index is 2.24. The molecule has 3 heteroatoms. The quantitative estimate of drug-likeness (QED) is 0.728. The molecule has 1 heterocycles. The zero-order valence-corrected chi connectivity index (χ0v) is 9.46. The van der Waals surface area contributed by atoms with Crippen LogP contribution >= 0.6 is 11.6 Å².